The molecule has 0 aliphatic heterocycles. The predicted molar refractivity (Wildman–Crippen MR) is 87.8 cm³/mol. The van der Waals surface area contributed by atoms with Gasteiger partial charge in [-0.15, -0.1) is 0 Å². The van der Waals surface area contributed by atoms with Crippen LogP contribution in [-0.4, -0.2) is 26.5 Å². The number of anilines is 1. The number of aryl methyl sites for hydroxylation is 2. The standard InChI is InChI=1S/C14H24N2O2S2/c1-9-8-10(2)14(12(4)13(9)15)20(17,18)16-11(3)6-7-19-5/h8,11,16H,6-7,15H2,1-5H3. The second-order valence-electron chi connectivity index (χ2n) is 5.18. The molecule has 0 fully saturated rings. The van der Waals surface area contributed by atoms with Crippen molar-refractivity contribution in [3.05, 3.63) is 22.8 Å². The van der Waals surface area contributed by atoms with E-state index in [-0.39, 0.29) is 6.04 Å². The summed E-state index contributed by atoms with van der Waals surface area (Å²) in [7, 11) is -3.53. The third kappa shape index (κ3) is 3.90. The minimum atomic E-state index is -3.53. The Labute approximate surface area is 126 Å². The topological polar surface area (TPSA) is 72.2 Å². The number of hydrogen-bond donors (Lipinski definition) is 2. The van der Waals surface area contributed by atoms with Crippen molar-refractivity contribution in [2.75, 3.05) is 17.7 Å². The van der Waals surface area contributed by atoms with Crippen LogP contribution < -0.4 is 10.5 Å². The highest BCUT2D eigenvalue weighted by atomic mass is 32.2. The van der Waals surface area contributed by atoms with E-state index < -0.39 is 10.0 Å². The molecule has 0 heterocycles. The van der Waals surface area contributed by atoms with E-state index >= 15 is 0 Å². The molecule has 1 atom stereocenters. The van der Waals surface area contributed by atoms with Gasteiger partial charge in [0, 0.05) is 11.7 Å². The van der Waals surface area contributed by atoms with E-state index in [0.29, 0.717) is 16.1 Å². The van der Waals surface area contributed by atoms with E-state index in [2.05, 4.69) is 4.72 Å². The SMILES string of the molecule is CSCCC(C)NS(=O)(=O)c1c(C)cc(C)c(N)c1C. The summed E-state index contributed by atoms with van der Waals surface area (Å²) in [6.45, 7) is 7.34. The molecule has 0 bridgehead atoms. The zero-order valence-corrected chi connectivity index (χ0v) is 14.4. The molecule has 20 heavy (non-hydrogen) atoms. The van der Waals surface area contributed by atoms with Gasteiger partial charge < -0.3 is 5.73 Å². The molecule has 0 radical (unpaired) electrons. The van der Waals surface area contributed by atoms with E-state index in [9.17, 15) is 8.42 Å². The van der Waals surface area contributed by atoms with E-state index in [1.165, 1.54) is 0 Å². The highest BCUT2D eigenvalue weighted by molar-refractivity contribution is 7.98. The van der Waals surface area contributed by atoms with Crippen LogP contribution in [0.4, 0.5) is 5.69 Å². The molecule has 3 N–H and O–H groups in total. The molecule has 0 aromatic heterocycles. The first-order valence-electron chi connectivity index (χ1n) is 6.58. The third-order valence-electron chi connectivity index (χ3n) is 3.34. The van der Waals surface area contributed by atoms with Crippen LogP contribution in [0.5, 0.6) is 0 Å². The lowest BCUT2D eigenvalue weighted by Gasteiger charge is -2.18. The Balaban J connectivity index is 3.14. The molecule has 0 aliphatic rings. The normalized spacial score (nSPS) is 13.4. The van der Waals surface area contributed by atoms with Gasteiger partial charge in [-0.2, -0.15) is 11.8 Å². The van der Waals surface area contributed by atoms with E-state index in [1.54, 1.807) is 25.6 Å². The van der Waals surface area contributed by atoms with Crippen molar-refractivity contribution in [3.63, 3.8) is 0 Å². The molecule has 1 aromatic rings. The van der Waals surface area contributed by atoms with Crippen molar-refractivity contribution in [3.8, 4) is 0 Å². The van der Waals surface area contributed by atoms with Crippen LogP contribution in [0.1, 0.15) is 30.0 Å². The number of thioether (sulfide) groups is 1. The Morgan fingerprint density at radius 3 is 2.45 bits per heavy atom. The molecule has 0 saturated heterocycles. The first kappa shape index (κ1) is 17.3. The summed E-state index contributed by atoms with van der Waals surface area (Å²) < 4.78 is 27.8. The molecule has 1 unspecified atom stereocenters. The van der Waals surface area contributed by atoms with E-state index in [4.69, 9.17) is 5.73 Å². The highest BCUT2D eigenvalue weighted by Gasteiger charge is 2.23. The lowest BCUT2D eigenvalue weighted by atomic mass is 10.1. The number of sulfonamides is 1. The number of nitrogen functional groups attached to an aromatic ring is 1. The van der Waals surface area contributed by atoms with Crippen molar-refractivity contribution in [1.29, 1.82) is 0 Å². The maximum atomic E-state index is 12.5. The van der Waals surface area contributed by atoms with Gasteiger partial charge >= 0.3 is 0 Å². The van der Waals surface area contributed by atoms with Gasteiger partial charge in [0.2, 0.25) is 10.0 Å². The quantitative estimate of drug-likeness (QED) is 0.791. The number of nitrogens with two attached hydrogens (primary N) is 1. The van der Waals surface area contributed by atoms with Crippen molar-refractivity contribution < 1.29 is 8.42 Å². The molecule has 1 rings (SSSR count). The van der Waals surface area contributed by atoms with Gasteiger partial charge in [-0.05, 0) is 62.8 Å². The number of nitrogens with one attached hydrogen (secondary N) is 1. The average Bonchev–Trinajstić information content (AvgIpc) is 2.32. The van der Waals surface area contributed by atoms with Gasteiger partial charge in [-0.3, -0.25) is 0 Å². The van der Waals surface area contributed by atoms with Gasteiger partial charge in [0.15, 0.2) is 0 Å². The average molecular weight is 316 g/mol. The van der Waals surface area contributed by atoms with Crippen LogP contribution >= 0.6 is 11.8 Å². The summed E-state index contributed by atoms with van der Waals surface area (Å²) in [5.74, 6) is 0.928. The maximum absolute atomic E-state index is 12.5. The molecule has 0 amide bonds. The fourth-order valence-corrected chi connectivity index (χ4v) is 4.62. The Morgan fingerprint density at radius 1 is 1.30 bits per heavy atom. The Morgan fingerprint density at radius 2 is 1.90 bits per heavy atom. The zero-order valence-electron chi connectivity index (χ0n) is 12.8. The van der Waals surface area contributed by atoms with Crippen LogP contribution in [0.2, 0.25) is 0 Å². The molecule has 0 saturated carbocycles. The summed E-state index contributed by atoms with van der Waals surface area (Å²) in [5, 5.41) is 0. The van der Waals surface area contributed by atoms with Gasteiger partial charge in [0.25, 0.3) is 0 Å². The number of hydrogen-bond acceptors (Lipinski definition) is 4. The van der Waals surface area contributed by atoms with Crippen molar-refractivity contribution >= 4 is 27.5 Å². The number of benzene rings is 1. The smallest absolute Gasteiger partial charge is 0.241 e. The second-order valence-corrected chi connectivity index (χ2v) is 7.82. The predicted octanol–water partition coefficient (Wildman–Crippen LogP) is 2.61. The van der Waals surface area contributed by atoms with Gasteiger partial charge in [0.1, 0.15) is 0 Å². The largest absolute Gasteiger partial charge is 0.398 e. The monoisotopic (exact) mass is 316 g/mol. The zero-order chi connectivity index (χ0) is 15.5. The van der Waals surface area contributed by atoms with Crippen molar-refractivity contribution in [1.82, 2.24) is 4.72 Å². The molecular formula is C14H24N2O2S2. The fourth-order valence-electron chi connectivity index (χ4n) is 2.27. The van der Waals surface area contributed by atoms with Crippen LogP contribution in [0.25, 0.3) is 0 Å². The molecule has 4 nitrogen and oxygen atoms in total. The van der Waals surface area contributed by atoms with E-state index in [0.717, 1.165) is 23.3 Å². The maximum Gasteiger partial charge on any atom is 0.241 e. The summed E-state index contributed by atoms with van der Waals surface area (Å²) in [4.78, 5) is 0.316. The van der Waals surface area contributed by atoms with E-state index in [1.807, 2.05) is 26.2 Å². The lowest BCUT2D eigenvalue weighted by molar-refractivity contribution is 0.556. The fraction of sp³-hybridized carbons (Fsp3) is 0.571. The summed E-state index contributed by atoms with van der Waals surface area (Å²) in [6.07, 6.45) is 2.82. The first-order valence-corrected chi connectivity index (χ1v) is 9.46. The Bertz CT molecular complexity index is 583. The highest BCUT2D eigenvalue weighted by Crippen LogP contribution is 2.28. The lowest BCUT2D eigenvalue weighted by Crippen LogP contribution is -2.34. The Kier molecular flexibility index (Phi) is 5.91. The molecule has 0 aliphatic carbocycles. The minimum absolute atomic E-state index is 0.0891. The Hall–Kier alpha value is -0.720. The number of rotatable bonds is 6. The third-order valence-corrected chi connectivity index (χ3v) is 5.86. The van der Waals surface area contributed by atoms with Gasteiger partial charge in [0.05, 0.1) is 4.90 Å². The van der Waals surface area contributed by atoms with Crippen molar-refractivity contribution in [2.24, 2.45) is 0 Å². The molecular weight excluding hydrogens is 292 g/mol. The second kappa shape index (κ2) is 6.83. The van der Waals surface area contributed by atoms with Crippen molar-refractivity contribution in [2.45, 2.75) is 45.1 Å². The first-order chi connectivity index (χ1) is 9.20. The van der Waals surface area contributed by atoms with Crippen LogP contribution in [0.15, 0.2) is 11.0 Å². The van der Waals surface area contributed by atoms with Crippen LogP contribution in [0.3, 0.4) is 0 Å². The minimum Gasteiger partial charge on any atom is -0.398 e. The van der Waals surface area contributed by atoms with Crippen LogP contribution in [0, 0.1) is 20.8 Å². The summed E-state index contributed by atoms with van der Waals surface area (Å²) >= 11 is 1.71. The van der Waals surface area contributed by atoms with Crippen LogP contribution in [-0.2, 0) is 10.0 Å². The van der Waals surface area contributed by atoms with Gasteiger partial charge in [-0.1, -0.05) is 6.07 Å². The molecule has 1 aromatic carbocycles. The molecule has 0 spiro atoms. The van der Waals surface area contributed by atoms with Gasteiger partial charge in [-0.25, -0.2) is 13.1 Å². The summed E-state index contributed by atoms with van der Waals surface area (Å²) in [6, 6.07) is 1.73. The summed E-state index contributed by atoms with van der Waals surface area (Å²) in [5.41, 5.74) is 8.79. The molecule has 114 valence electrons. The molecule has 6 heteroatoms.